The number of likely N-dealkylation sites (N-methyl/N-ethyl adjacent to an activating group) is 1. The molecule has 0 unspecified atom stereocenters. The molecule has 0 N–H and O–H groups in total. The molecule has 0 atom stereocenters. The molecule has 2 rings (SSSR count). The van der Waals surface area contributed by atoms with E-state index in [2.05, 4.69) is 0 Å². The highest BCUT2D eigenvalue weighted by Gasteiger charge is 2.16. The second-order valence-corrected chi connectivity index (χ2v) is 7.08. The fraction of sp³-hybridized carbons (Fsp3) is 0.364. The quantitative estimate of drug-likeness (QED) is 0.430. The lowest BCUT2D eigenvalue weighted by molar-refractivity contribution is -0.133. The van der Waals surface area contributed by atoms with Crippen molar-refractivity contribution in [2.24, 2.45) is 0 Å². The minimum Gasteiger partial charge on any atom is -0.490 e. The third-order valence-corrected chi connectivity index (χ3v) is 4.85. The molecule has 0 heterocycles. The molecule has 0 saturated carbocycles. The topological polar surface area (TPSA) is 65.1 Å². The van der Waals surface area contributed by atoms with E-state index in [-0.39, 0.29) is 12.5 Å². The summed E-state index contributed by atoms with van der Waals surface area (Å²) in [5, 5.41) is 0. The van der Waals surface area contributed by atoms with Crippen molar-refractivity contribution in [3.8, 4) is 11.5 Å². The molecule has 0 aliphatic heterocycles. The Morgan fingerprint density at radius 3 is 2.24 bits per heavy atom. The van der Waals surface area contributed by atoms with Crippen molar-refractivity contribution < 1.29 is 23.8 Å². The van der Waals surface area contributed by atoms with Gasteiger partial charge in [-0.2, -0.15) is 0 Å². The van der Waals surface area contributed by atoms with Crippen LogP contribution in [0.1, 0.15) is 29.8 Å². The van der Waals surface area contributed by atoms with E-state index in [9.17, 15) is 9.59 Å². The van der Waals surface area contributed by atoms with Crippen LogP contribution in [0.15, 0.2) is 47.4 Å². The number of ether oxygens (including phenoxy) is 3. The van der Waals surface area contributed by atoms with Gasteiger partial charge >= 0.3 is 5.97 Å². The van der Waals surface area contributed by atoms with Gasteiger partial charge in [0.1, 0.15) is 0 Å². The third kappa shape index (κ3) is 6.71. The van der Waals surface area contributed by atoms with Crippen LogP contribution >= 0.6 is 11.8 Å². The predicted molar refractivity (Wildman–Crippen MR) is 114 cm³/mol. The molecule has 0 aliphatic carbocycles. The summed E-state index contributed by atoms with van der Waals surface area (Å²) in [5.74, 6) is 0.179. The summed E-state index contributed by atoms with van der Waals surface area (Å²) in [6, 6.07) is 12.8. The van der Waals surface area contributed by atoms with Gasteiger partial charge in [0.05, 0.1) is 18.8 Å². The van der Waals surface area contributed by atoms with Crippen LogP contribution in [0.2, 0.25) is 0 Å². The monoisotopic (exact) mass is 417 g/mol. The molecule has 0 aromatic heterocycles. The van der Waals surface area contributed by atoms with Gasteiger partial charge in [-0.25, -0.2) is 4.79 Å². The van der Waals surface area contributed by atoms with E-state index in [1.54, 1.807) is 37.0 Å². The zero-order chi connectivity index (χ0) is 21.2. The van der Waals surface area contributed by atoms with E-state index in [0.29, 0.717) is 36.8 Å². The smallest absolute Gasteiger partial charge is 0.338 e. The van der Waals surface area contributed by atoms with E-state index >= 15 is 0 Å². The summed E-state index contributed by atoms with van der Waals surface area (Å²) < 4.78 is 16.2. The van der Waals surface area contributed by atoms with Gasteiger partial charge < -0.3 is 19.1 Å². The highest BCUT2D eigenvalue weighted by Crippen LogP contribution is 2.28. The van der Waals surface area contributed by atoms with Crippen molar-refractivity contribution >= 4 is 23.6 Å². The van der Waals surface area contributed by atoms with Crippen molar-refractivity contribution in [1.82, 2.24) is 4.90 Å². The molecule has 156 valence electrons. The van der Waals surface area contributed by atoms with Gasteiger partial charge in [0.25, 0.3) is 5.91 Å². The fourth-order valence-electron chi connectivity index (χ4n) is 2.59. The number of nitrogens with zero attached hydrogens (tertiary/aromatic N) is 1. The first-order chi connectivity index (χ1) is 14.0. The number of hydrogen-bond donors (Lipinski definition) is 0. The molecule has 29 heavy (non-hydrogen) atoms. The Bertz CT molecular complexity index is 822. The number of esters is 1. The SMILES string of the molecule is CCOc1ccc(C(=O)OCC(=O)N(C)Cc2ccc(SC)cc2)cc1OCC. The molecule has 0 aliphatic rings. The Morgan fingerprint density at radius 1 is 0.966 bits per heavy atom. The van der Waals surface area contributed by atoms with Crippen LogP contribution in [-0.2, 0) is 16.1 Å². The predicted octanol–water partition coefficient (Wildman–Crippen LogP) is 4.02. The Labute approximate surface area is 176 Å². The van der Waals surface area contributed by atoms with Crippen molar-refractivity contribution in [3.63, 3.8) is 0 Å². The zero-order valence-electron chi connectivity index (χ0n) is 17.3. The maximum Gasteiger partial charge on any atom is 0.338 e. The molecule has 0 spiro atoms. The molecule has 7 heteroatoms. The van der Waals surface area contributed by atoms with Crippen molar-refractivity contribution in [1.29, 1.82) is 0 Å². The maximum absolute atomic E-state index is 12.3. The highest BCUT2D eigenvalue weighted by molar-refractivity contribution is 7.98. The summed E-state index contributed by atoms with van der Waals surface area (Å²) in [4.78, 5) is 27.3. The average Bonchev–Trinajstić information content (AvgIpc) is 2.73. The second-order valence-electron chi connectivity index (χ2n) is 6.20. The minimum absolute atomic E-state index is 0.275. The van der Waals surface area contributed by atoms with E-state index in [1.165, 1.54) is 9.80 Å². The Morgan fingerprint density at radius 2 is 1.62 bits per heavy atom. The van der Waals surface area contributed by atoms with Gasteiger partial charge in [-0.15, -0.1) is 11.8 Å². The van der Waals surface area contributed by atoms with E-state index in [1.807, 2.05) is 44.4 Å². The second kappa shape index (κ2) is 11.4. The van der Waals surface area contributed by atoms with Crippen LogP contribution in [0.25, 0.3) is 0 Å². The standard InChI is InChI=1S/C22H27NO5S/c1-5-26-19-12-9-17(13-20(19)27-6-2)22(25)28-15-21(24)23(3)14-16-7-10-18(29-4)11-8-16/h7-13H,5-6,14-15H2,1-4H3. The average molecular weight is 418 g/mol. The first kappa shape index (κ1) is 22.6. The first-order valence-corrected chi connectivity index (χ1v) is 10.6. The van der Waals surface area contributed by atoms with Crippen molar-refractivity contribution in [2.45, 2.75) is 25.3 Å². The Hall–Kier alpha value is -2.67. The highest BCUT2D eigenvalue weighted by atomic mass is 32.2. The molecule has 0 radical (unpaired) electrons. The van der Waals surface area contributed by atoms with E-state index in [0.717, 1.165) is 5.56 Å². The zero-order valence-corrected chi connectivity index (χ0v) is 18.1. The number of rotatable bonds is 10. The fourth-order valence-corrected chi connectivity index (χ4v) is 3.00. The largest absolute Gasteiger partial charge is 0.490 e. The van der Waals surface area contributed by atoms with Gasteiger partial charge in [-0.1, -0.05) is 12.1 Å². The van der Waals surface area contributed by atoms with Crippen LogP contribution in [-0.4, -0.2) is 49.9 Å². The van der Waals surface area contributed by atoms with Gasteiger partial charge in [-0.3, -0.25) is 4.79 Å². The summed E-state index contributed by atoms with van der Waals surface area (Å²) in [6.45, 7) is 4.78. The molecule has 2 aromatic carbocycles. The van der Waals surface area contributed by atoms with Gasteiger partial charge in [0, 0.05) is 18.5 Å². The Balaban J connectivity index is 1.93. The lowest BCUT2D eigenvalue weighted by Crippen LogP contribution is -2.30. The molecular weight excluding hydrogens is 390 g/mol. The van der Waals surface area contributed by atoms with Crippen LogP contribution in [0.5, 0.6) is 11.5 Å². The lowest BCUT2D eigenvalue weighted by atomic mass is 10.2. The van der Waals surface area contributed by atoms with Crippen LogP contribution in [0.3, 0.4) is 0 Å². The molecule has 0 saturated heterocycles. The van der Waals surface area contributed by atoms with E-state index < -0.39 is 5.97 Å². The van der Waals surface area contributed by atoms with E-state index in [4.69, 9.17) is 14.2 Å². The first-order valence-electron chi connectivity index (χ1n) is 9.42. The summed E-state index contributed by atoms with van der Waals surface area (Å²) >= 11 is 1.66. The van der Waals surface area contributed by atoms with Crippen LogP contribution < -0.4 is 9.47 Å². The molecule has 0 fully saturated rings. The van der Waals surface area contributed by atoms with Gasteiger partial charge in [-0.05, 0) is 56.0 Å². The molecule has 6 nitrogen and oxygen atoms in total. The summed E-state index contributed by atoms with van der Waals surface area (Å²) in [5.41, 5.74) is 1.32. The lowest BCUT2D eigenvalue weighted by Gasteiger charge is -2.17. The molecule has 2 aromatic rings. The number of amides is 1. The maximum atomic E-state index is 12.3. The number of benzene rings is 2. The summed E-state index contributed by atoms with van der Waals surface area (Å²) in [7, 11) is 1.68. The van der Waals surface area contributed by atoms with Crippen molar-refractivity contribution in [3.05, 3.63) is 53.6 Å². The third-order valence-electron chi connectivity index (χ3n) is 4.11. The van der Waals surface area contributed by atoms with Crippen LogP contribution in [0, 0.1) is 0 Å². The number of hydrogen-bond acceptors (Lipinski definition) is 6. The molecular formula is C22H27NO5S. The van der Waals surface area contributed by atoms with Gasteiger partial charge in [0.2, 0.25) is 0 Å². The van der Waals surface area contributed by atoms with Crippen molar-refractivity contribution in [2.75, 3.05) is 33.1 Å². The Kier molecular flexibility index (Phi) is 8.86. The number of carbonyl (C=O) groups is 2. The molecule has 1 amide bonds. The number of carbonyl (C=O) groups excluding carboxylic acids is 2. The normalized spacial score (nSPS) is 10.3. The van der Waals surface area contributed by atoms with Gasteiger partial charge in [0.15, 0.2) is 18.1 Å². The molecule has 0 bridgehead atoms. The van der Waals surface area contributed by atoms with Crippen LogP contribution in [0.4, 0.5) is 0 Å². The minimum atomic E-state index is -0.583. The summed E-state index contributed by atoms with van der Waals surface area (Å²) in [6.07, 6.45) is 2.01. The number of thioether (sulfide) groups is 1.